The van der Waals surface area contributed by atoms with Crippen LogP contribution >= 0.6 is 0 Å². The number of carbonyl (C=O) groups is 1. The van der Waals surface area contributed by atoms with Crippen molar-refractivity contribution in [1.82, 2.24) is 4.57 Å². The Morgan fingerprint density at radius 2 is 1.81 bits per heavy atom. The van der Waals surface area contributed by atoms with Crippen LogP contribution in [0.4, 0.5) is 23.2 Å². The molecule has 0 saturated carbocycles. The van der Waals surface area contributed by atoms with Crippen molar-refractivity contribution in [2.75, 3.05) is 18.0 Å². The average molecular weight is 434 g/mol. The van der Waals surface area contributed by atoms with Gasteiger partial charge in [0.15, 0.2) is 0 Å². The van der Waals surface area contributed by atoms with Crippen LogP contribution in [0.15, 0.2) is 47.4 Å². The van der Waals surface area contributed by atoms with Crippen molar-refractivity contribution in [3.8, 4) is 0 Å². The highest BCUT2D eigenvalue weighted by molar-refractivity contribution is 5.93. The minimum atomic E-state index is -4.53. The van der Waals surface area contributed by atoms with Crippen molar-refractivity contribution >= 4 is 22.6 Å². The Hall–Kier alpha value is -3.36. The SMILES string of the molecule is O=C(O)c1cn(Cc2cccc(C(F)(F)F)c2)c2cc(N3CCCC3)c(F)cc2c1=O. The molecule has 1 aliphatic rings. The molecule has 1 saturated heterocycles. The first kappa shape index (κ1) is 20.9. The molecular formula is C22H18F4N2O3. The summed E-state index contributed by atoms with van der Waals surface area (Å²) in [6.07, 6.45) is -1.64. The van der Waals surface area contributed by atoms with Crippen molar-refractivity contribution in [3.05, 3.63) is 75.3 Å². The molecule has 0 radical (unpaired) electrons. The highest BCUT2D eigenvalue weighted by Crippen LogP contribution is 2.31. The highest BCUT2D eigenvalue weighted by Gasteiger charge is 2.30. The van der Waals surface area contributed by atoms with Crippen molar-refractivity contribution in [2.24, 2.45) is 0 Å². The van der Waals surface area contributed by atoms with Crippen LogP contribution in [0.1, 0.15) is 34.3 Å². The number of carboxylic acids is 1. The Kier molecular flexibility index (Phi) is 5.20. The summed E-state index contributed by atoms with van der Waals surface area (Å²) >= 11 is 0. The maximum absolute atomic E-state index is 14.8. The van der Waals surface area contributed by atoms with E-state index >= 15 is 0 Å². The lowest BCUT2D eigenvalue weighted by atomic mass is 10.1. The maximum atomic E-state index is 14.8. The molecule has 0 bridgehead atoms. The summed E-state index contributed by atoms with van der Waals surface area (Å²) in [6.45, 7) is 1.17. The fraction of sp³-hybridized carbons (Fsp3) is 0.273. The molecule has 1 aromatic heterocycles. The first-order valence-electron chi connectivity index (χ1n) is 9.66. The molecule has 0 aliphatic carbocycles. The summed E-state index contributed by atoms with van der Waals surface area (Å²) < 4.78 is 55.4. The van der Waals surface area contributed by atoms with Gasteiger partial charge in [0.1, 0.15) is 11.4 Å². The van der Waals surface area contributed by atoms with Gasteiger partial charge >= 0.3 is 12.1 Å². The third kappa shape index (κ3) is 3.99. The number of nitrogens with zero attached hydrogens (tertiary/aromatic N) is 2. The molecule has 2 heterocycles. The summed E-state index contributed by atoms with van der Waals surface area (Å²) in [4.78, 5) is 26.0. The molecule has 31 heavy (non-hydrogen) atoms. The second kappa shape index (κ2) is 7.72. The van der Waals surface area contributed by atoms with E-state index in [2.05, 4.69) is 0 Å². The van der Waals surface area contributed by atoms with Gasteiger partial charge < -0.3 is 14.6 Å². The first-order chi connectivity index (χ1) is 14.6. The molecule has 0 spiro atoms. The van der Waals surface area contributed by atoms with Gasteiger partial charge in [-0.15, -0.1) is 0 Å². The summed E-state index contributed by atoms with van der Waals surface area (Å²) in [5.74, 6) is -2.13. The molecular weight excluding hydrogens is 416 g/mol. The minimum Gasteiger partial charge on any atom is -0.477 e. The summed E-state index contributed by atoms with van der Waals surface area (Å²) in [7, 11) is 0. The minimum absolute atomic E-state index is 0.119. The number of pyridine rings is 1. The summed E-state index contributed by atoms with van der Waals surface area (Å²) in [5.41, 5.74) is -1.44. The average Bonchev–Trinajstić information content (AvgIpc) is 3.24. The van der Waals surface area contributed by atoms with Gasteiger partial charge in [-0.25, -0.2) is 9.18 Å². The van der Waals surface area contributed by atoms with Crippen LogP contribution in [0.5, 0.6) is 0 Å². The molecule has 0 unspecified atom stereocenters. The van der Waals surface area contributed by atoms with Crippen LogP contribution in [-0.2, 0) is 12.7 Å². The van der Waals surface area contributed by atoms with E-state index in [0.29, 0.717) is 13.1 Å². The third-order valence-corrected chi connectivity index (χ3v) is 5.43. The number of aromatic nitrogens is 1. The third-order valence-electron chi connectivity index (χ3n) is 5.43. The molecule has 1 N–H and O–H groups in total. The van der Waals surface area contributed by atoms with Gasteiger partial charge in [0.05, 0.1) is 16.8 Å². The lowest BCUT2D eigenvalue weighted by Gasteiger charge is -2.21. The number of anilines is 1. The predicted octanol–water partition coefficient (Wildman–Crippen LogP) is 4.51. The normalized spacial score (nSPS) is 14.4. The highest BCUT2D eigenvalue weighted by atomic mass is 19.4. The zero-order chi connectivity index (χ0) is 22.3. The Labute approximate surface area is 174 Å². The fourth-order valence-electron chi connectivity index (χ4n) is 3.93. The van der Waals surface area contributed by atoms with Gasteiger partial charge in [-0.3, -0.25) is 4.79 Å². The topological polar surface area (TPSA) is 62.5 Å². The van der Waals surface area contributed by atoms with Crippen LogP contribution in [-0.4, -0.2) is 28.7 Å². The van der Waals surface area contributed by atoms with Gasteiger partial charge in [0.2, 0.25) is 5.43 Å². The number of hydrogen-bond donors (Lipinski definition) is 1. The van der Waals surface area contributed by atoms with Crippen molar-refractivity contribution in [2.45, 2.75) is 25.6 Å². The van der Waals surface area contributed by atoms with Crippen LogP contribution in [0, 0.1) is 5.82 Å². The molecule has 1 aliphatic heterocycles. The number of benzene rings is 2. The smallest absolute Gasteiger partial charge is 0.416 e. The molecule has 9 heteroatoms. The van der Waals surface area contributed by atoms with Crippen molar-refractivity contribution in [3.63, 3.8) is 0 Å². The molecule has 1 fully saturated rings. The summed E-state index contributed by atoms with van der Waals surface area (Å²) in [5, 5.41) is 9.27. The van der Waals surface area contributed by atoms with Gasteiger partial charge in [-0.2, -0.15) is 13.2 Å². The first-order valence-corrected chi connectivity index (χ1v) is 9.66. The van der Waals surface area contributed by atoms with E-state index < -0.39 is 34.5 Å². The van der Waals surface area contributed by atoms with Crippen molar-refractivity contribution in [1.29, 1.82) is 0 Å². The van der Waals surface area contributed by atoms with Crippen molar-refractivity contribution < 1.29 is 27.5 Å². The zero-order valence-corrected chi connectivity index (χ0v) is 16.2. The van der Waals surface area contributed by atoms with Gasteiger partial charge in [0.25, 0.3) is 0 Å². The molecule has 162 valence electrons. The lowest BCUT2D eigenvalue weighted by Crippen LogP contribution is -2.22. The molecule has 2 aromatic carbocycles. The number of hydrogen-bond acceptors (Lipinski definition) is 3. The number of aromatic carboxylic acids is 1. The fourth-order valence-corrected chi connectivity index (χ4v) is 3.93. The van der Waals surface area contributed by atoms with E-state index in [1.807, 2.05) is 4.90 Å². The molecule has 0 atom stereocenters. The molecule has 4 rings (SSSR count). The predicted molar refractivity (Wildman–Crippen MR) is 107 cm³/mol. The quantitative estimate of drug-likeness (QED) is 0.614. The van der Waals surface area contributed by atoms with Crippen LogP contribution < -0.4 is 10.3 Å². The maximum Gasteiger partial charge on any atom is 0.416 e. The summed E-state index contributed by atoms with van der Waals surface area (Å²) in [6, 6.07) is 7.13. The Bertz CT molecular complexity index is 1230. The van der Waals surface area contributed by atoms with E-state index in [9.17, 15) is 32.3 Å². The molecule has 5 nitrogen and oxygen atoms in total. The Balaban J connectivity index is 1.90. The van der Waals surface area contributed by atoms with Crippen LogP contribution in [0.3, 0.4) is 0 Å². The van der Waals surface area contributed by atoms with E-state index in [4.69, 9.17) is 0 Å². The van der Waals surface area contributed by atoms with E-state index in [-0.39, 0.29) is 28.7 Å². The number of carboxylic acid groups (broad SMARTS) is 1. The lowest BCUT2D eigenvalue weighted by molar-refractivity contribution is -0.137. The van der Waals surface area contributed by atoms with Crippen LogP contribution in [0.2, 0.25) is 0 Å². The van der Waals surface area contributed by atoms with E-state index in [1.165, 1.54) is 22.8 Å². The van der Waals surface area contributed by atoms with Gasteiger partial charge in [0, 0.05) is 31.2 Å². The Morgan fingerprint density at radius 1 is 1.10 bits per heavy atom. The monoisotopic (exact) mass is 434 g/mol. The van der Waals surface area contributed by atoms with Gasteiger partial charge in [-0.05, 0) is 42.7 Å². The second-order valence-corrected chi connectivity index (χ2v) is 7.52. The number of fused-ring (bicyclic) bond motifs is 1. The second-order valence-electron chi connectivity index (χ2n) is 7.52. The number of rotatable bonds is 4. The standard InChI is InChI=1S/C22H18F4N2O3/c23-17-9-15-18(10-19(17)27-6-1-2-7-27)28(12-16(20(15)29)21(30)31)11-13-4-3-5-14(8-13)22(24,25)26/h3-5,8-10,12H,1-2,6-7,11H2,(H,30,31). The number of alkyl halides is 3. The van der Waals surface area contributed by atoms with Gasteiger partial charge in [-0.1, -0.05) is 12.1 Å². The number of halogens is 4. The Morgan fingerprint density at radius 3 is 2.45 bits per heavy atom. The van der Waals surface area contributed by atoms with E-state index in [0.717, 1.165) is 37.2 Å². The zero-order valence-electron chi connectivity index (χ0n) is 16.2. The molecule has 3 aromatic rings. The molecule has 0 amide bonds. The van der Waals surface area contributed by atoms with Crippen LogP contribution in [0.25, 0.3) is 10.9 Å². The van der Waals surface area contributed by atoms with E-state index in [1.54, 1.807) is 0 Å². The largest absolute Gasteiger partial charge is 0.477 e.